The molecule has 0 saturated carbocycles. The van der Waals surface area contributed by atoms with Gasteiger partial charge in [-0.3, -0.25) is 40.9 Å². The number of rotatable bonds is 10. The number of carbonyl (C=O) groups excluding carboxylic acids is 4. The number of amides is 4. The van der Waals surface area contributed by atoms with Crippen molar-refractivity contribution in [2.45, 2.75) is 26.7 Å². The lowest BCUT2D eigenvalue weighted by molar-refractivity contribution is -0.124. The maximum Gasteiger partial charge on any atom is 0.276 e. The van der Waals surface area contributed by atoms with E-state index in [9.17, 15) is 19.2 Å². The normalized spacial score (nSPS) is 10.3. The van der Waals surface area contributed by atoms with Gasteiger partial charge in [-0.1, -0.05) is 26.0 Å². The second-order valence-corrected chi connectivity index (χ2v) is 10.1. The lowest BCUT2D eigenvalue weighted by Crippen LogP contribution is -2.44. The van der Waals surface area contributed by atoms with E-state index in [4.69, 9.17) is 9.47 Å². The van der Waals surface area contributed by atoms with Crippen LogP contribution in [0.4, 0.5) is 0 Å². The Morgan fingerprint density at radius 3 is 1.30 bits per heavy atom. The van der Waals surface area contributed by atoms with Crippen LogP contribution in [0.25, 0.3) is 0 Å². The Balaban J connectivity index is 1.39. The summed E-state index contributed by atoms with van der Waals surface area (Å²) >= 11 is 6.81. The summed E-state index contributed by atoms with van der Waals surface area (Å²) in [7, 11) is 0. The molecule has 0 aliphatic heterocycles. The number of nitrogens with one attached hydrogen (secondary N) is 4. The molecule has 0 unspecified atom stereocenters. The minimum atomic E-state index is -0.586. The molecule has 3 rings (SSSR count). The highest BCUT2D eigenvalue weighted by atomic mass is 79.9. The molecule has 0 fully saturated rings. The molecule has 210 valence electrons. The van der Waals surface area contributed by atoms with Crippen molar-refractivity contribution in [3.63, 3.8) is 0 Å². The van der Waals surface area contributed by atoms with Gasteiger partial charge in [0.25, 0.3) is 23.6 Å². The zero-order valence-corrected chi connectivity index (χ0v) is 25.0. The third kappa shape index (κ3) is 9.09. The van der Waals surface area contributed by atoms with Crippen LogP contribution < -0.4 is 31.2 Å². The van der Waals surface area contributed by atoms with Gasteiger partial charge in [-0.2, -0.15) is 0 Å². The molecule has 3 aromatic carbocycles. The number of aryl methyl sites for hydroxylation is 2. The average Bonchev–Trinajstić information content (AvgIpc) is 2.97. The van der Waals surface area contributed by atoms with Gasteiger partial charge < -0.3 is 9.47 Å². The van der Waals surface area contributed by atoms with Crippen molar-refractivity contribution in [1.29, 1.82) is 0 Å². The second-order valence-electron chi connectivity index (χ2n) is 8.40. The Hall–Kier alpha value is -3.90. The Kier molecular flexibility index (Phi) is 11.5. The number of halogens is 2. The van der Waals surface area contributed by atoms with E-state index < -0.39 is 23.6 Å². The van der Waals surface area contributed by atoms with E-state index in [0.717, 1.165) is 32.9 Å². The van der Waals surface area contributed by atoms with Crippen LogP contribution in [0, 0.1) is 0 Å². The minimum absolute atomic E-state index is 0.202. The fourth-order valence-electron chi connectivity index (χ4n) is 3.29. The predicted molar refractivity (Wildman–Crippen MR) is 156 cm³/mol. The van der Waals surface area contributed by atoms with Crippen molar-refractivity contribution in [3.8, 4) is 11.5 Å². The van der Waals surface area contributed by atoms with Crippen LogP contribution in [0.2, 0.25) is 0 Å². The van der Waals surface area contributed by atoms with Gasteiger partial charge >= 0.3 is 0 Å². The van der Waals surface area contributed by atoms with Gasteiger partial charge in [0.05, 0.1) is 8.95 Å². The Morgan fingerprint density at radius 2 is 0.975 bits per heavy atom. The molecule has 0 bridgehead atoms. The summed E-state index contributed by atoms with van der Waals surface area (Å²) < 4.78 is 12.4. The fourth-order valence-corrected chi connectivity index (χ4v) is 4.37. The van der Waals surface area contributed by atoms with Gasteiger partial charge in [0, 0.05) is 11.1 Å². The third-order valence-electron chi connectivity index (χ3n) is 5.57. The summed E-state index contributed by atoms with van der Waals surface area (Å²) in [5, 5.41) is 0. The molecule has 10 nitrogen and oxygen atoms in total. The largest absolute Gasteiger partial charge is 0.483 e. The van der Waals surface area contributed by atoms with Crippen LogP contribution in [-0.4, -0.2) is 36.8 Å². The van der Waals surface area contributed by atoms with Crippen LogP contribution in [0.1, 0.15) is 45.7 Å². The first-order chi connectivity index (χ1) is 19.2. The Labute approximate surface area is 248 Å². The Morgan fingerprint density at radius 1 is 0.600 bits per heavy atom. The van der Waals surface area contributed by atoms with Crippen LogP contribution in [0.3, 0.4) is 0 Å². The van der Waals surface area contributed by atoms with Crippen LogP contribution >= 0.6 is 31.9 Å². The van der Waals surface area contributed by atoms with Crippen molar-refractivity contribution >= 4 is 55.5 Å². The standard InChI is InChI=1S/C28H28Br2N4O6/c1-3-17-5-11-23(21(29)13-17)39-15-25(35)31-33-27(37)19-7-9-20(10-8-19)28(38)34-32-26(36)16-40-24-12-6-18(4-2)14-22(24)30/h5-14H,3-4,15-16H2,1-2H3,(H,31,35)(H,32,36)(H,33,37)(H,34,38). The third-order valence-corrected chi connectivity index (χ3v) is 6.81. The molecule has 0 aliphatic carbocycles. The van der Waals surface area contributed by atoms with Crippen molar-refractivity contribution in [2.24, 2.45) is 0 Å². The predicted octanol–water partition coefficient (Wildman–Crippen LogP) is 4.02. The maximum atomic E-state index is 12.3. The van der Waals surface area contributed by atoms with E-state index in [1.165, 1.54) is 24.3 Å². The maximum absolute atomic E-state index is 12.3. The molecule has 40 heavy (non-hydrogen) atoms. The SMILES string of the molecule is CCc1ccc(OCC(=O)NNC(=O)c2ccc(C(=O)NNC(=O)COc3ccc(CC)cc3Br)cc2)c(Br)c1. The molecular weight excluding hydrogens is 648 g/mol. The molecular formula is C28H28Br2N4O6. The van der Waals surface area contributed by atoms with Crippen LogP contribution in [0.15, 0.2) is 69.6 Å². The fraction of sp³-hybridized carbons (Fsp3) is 0.214. The monoisotopic (exact) mass is 674 g/mol. The van der Waals surface area contributed by atoms with Crippen molar-refractivity contribution in [3.05, 3.63) is 91.9 Å². The first-order valence-corrected chi connectivity index (χ1v) is 13.9. The summed E-state index contributed by atoms with van der Waals surface area (Å²) in [6.07, 6.45) is 1.74. The molecule has 4 N–H and O–H groups in total. The van der Waals surface area contributed by atoms with Gasteiger partial charge in [-0.15, -0.1) is 0 Å². The van der Waals surface area contributed by atoms with Crippen LogP contribution in [-0.2, 0) is 22.4 Å². The average molecular weight is 676 g/mol. The number of hydrogen-bond acceptors (Lipinski definition) is 6. The summed E-state index contributed by atoms with van der Waals surface area (Å²) in [5.41, 5.74) is 11.8. The minimum Gasteiger partial charge on any atom is -0.483 e. The van der Waals surface area contributed by atoms with E-state index in [1.54, 1.807) is 12.1 Å². The van der Waals surface area contributed by atoms with Gasteiger partial charge in [-0.25, -0.2) is 0 Å². The summed E-state index contributed by atoms with van der Waals surface area (Å²) in [6.45, 7) is 3.46. The van der Waals surface area contributed by atoms with Gasteiger partial charge in [-0.05, 0) is 104 Å². The second kappa shape index (κ2) is 15.0. The van der Waals surface area contributed by atoms with Crippen molar-refractivity contribution in [1.82, 2.24) is 21.7 Å². The molecule has 0 saturated heterocycles. The molecule has 0 heterocycles. The molecule has 0 atom stereocenters. The topological polar surface area (TPSA) is 135 Å². The summed E-state index contributed by atoms with van der Waals surface area (Å²) in [6, 6.07) is 16.8. The molecule has 0 radical (unpaired) electrons. The van der Waals surface area contributed by atoms with Gasteiger partial charge in [0.2, 0.25) is 0 Å². The number of benzene rings is 3. The highest BCUT2D eigenvalue weighted by molar-refractivity contribution is 9.10. The summed E-state index contributed by atoms with van der Waals surface area (Å²) in [5.74, 6) is -1.27. The molecule has 12 heteroatoms. The molecule has 0 spiro atoms. The number of carbonyl (C=O) groups is 4. The van der Waals surface area contributed by atoms with Gasteiger partial charge in [0.15, 0.2) is 13.2 Å². The number of hydrazine groups is 2. The number of ether oxygens (including phenoxy) is 2. The van der Waals surface area contributed by atoms with E-state index in [0.29, 0.717) is 11.5 Å². The first-order valence-electron chi connectivity index (χ1n) is 12.3. The lowest BCUT2D eigenvalue weighted by Gasteiger charge is -2.11. The number of hydrogen-bond donors (Lipinski definition) is 4. The zero-order chi connectivity index (χ0) is 29.1. The van der Waals surface area contributed by atoms with E-state index >= 15 is 0 Å². The van der Waals surface area contributed by atoms with E-state index in [-0.39, 0.29) is 24.3 Å². The summed E-state index contributed by atoms with van der Waals surface area (Å²) in [4.78, 5) is 48.8. The first kappa shape index (κ1) is 30.6. The van der Waals surface area contributed by atoms with Crippen LogP contribution in [0.5, 0.6) is 11.5 Å². The molecule has 0 aromatic heterocycles. The quantitative estimate of drug-likeness (QED) is 0.240. The lowest BCUT2D eigenvalue weighted by atomic mass is 10.1. The van der Waals surface area contributed by atoms with E-state index in [2.05, 4.69) is 53.6 Å². The highest BCUT2D eigenvalue weighted by Gasteiger charge is 2.13. The molecule has 3 aromatic rings. The van der Waals surface area contributed by atoms with Crippen molar-refractivity contribution < 1.29 is 28.7 Å². The molecule has 4 amide bonds. The smallest absolute Gasteiger partial charge is 0.276 e. The zero-order valence-electron chi connectivity index (χ0n) is 21.8. The highest BCUT2D eigenvalue weighted by Crippen LogP contribution is 2.27. The van der Waals surface area contributed by atoms with Crippen molar-refractivity contribution in [2.75, 3.05) is 13.2 Å². The van der Waals surface area contributed by atoms with E-state index in [1.807, 2.05) is 38.1 Å². The van der Waals surface area contributed by atoms with Gasteiger partial charge in [0.1, 0.15) is 11.5 Å². The Bertz CT molecular complexity index is 1280. The molecule has 0 aliphatic rings.